The van der Waals surface area contributed by atoms with E-state index in [1.54, 1.807) is 17.5 Å². The number of aromatic amines is 1. The van der Waals surface area contributed by atoms with Crippen LogP contribution in [0, 0.1) is 0 Å². The molecular weight excluding hydrogens is 190 g/mol. The number of aromatic nitrogens is 3. The highest BCUT2D eigenvalue weighted by Gasteiger charge is 2.06. The molecule has 0 atom stereocenters. The Balaban J connectivity index is 2.42. The molecular formula is C10H13N5. The van der Waals surface area contributed by atoms with Crippen LogP contribution >= 0.6 is 0 Å². The van der Waals surface area contributed by atoms with Gasteiger partial charge in [0.2, 0.25) is 0 Å². The average molecular weight is 203 g/mol. The van der Waals surface area contributed by atoms with Gasteiger partial charge >= 0.3 is 0 Å². The quantitative estimate of drug-likeness (QED) is 0.449. The third kappa shape index (κ3) is 2.07. The number of hydrogen-bond acceptors (Lipinski definition) is 3. The molecule has 0 radical (unpaired) electrons. The molecule has 5 heteroatoms. The van der Waals surface area contributed by atoms with Gasteiger partial charge in [-0.15, -0.1) is 0 Å². The van der Waals surface area contributed by atoms with Gasteiger partial charge in [0.25, 0.3) is 0 Å². The molecule has 0 saturated heterocycles. The fourth-order valence-corrected chi connectivity index (χ4v) is 1.29. The van der Waals surface area contributed by atoms with Crippen molar-refractivity contribution in [3.05, 3.63) is 42.7 Å². The van der Waals surface area contributed by atoms with E-state index in [4.69, 9.17) is 0 Å². The number of nitrogens with one attached hydrogen (secondary N) is 1. The van der Waals surface area contributed by atoms with Gasteiger partial charge in [-0.25, -0.2) is 4.98 Å². The largest absolute Gasteiger partial charge is 0.359 e. The molecule has 0 aromatic carbocycles. The molecule has 0 aliphatic carbocycles. The minimum absolute atomic E-state index is 0.822. The Morgan fingerprint density at radius 1 is 1.53 bits per heavy atom. The number of hydrazone groups is 1. The van der Waals surface area contributed by atoms with Crippen molar-refractivity contribution in [3.8, 4) is 0 Å². The third-order valence-electron chi connectivity index (χ3n) is 1.88. The highest BCUT2D eigenvalue weighted by atomic mass is 15.4. The first kappa shape index (κ1) is 9.51. The van der Waals surface area contributed by atoms with Crippen molar-refractivity contribution in [2.45, 2.75) is 0 Å². The van der Waals surface area contributed by atoms with Crippen molar-refractivity contribution in [1.82, 2.24) is 19.5 Å². The zero-order chi connectivity index (χ0) is 10.7. The second-order valence-corrected chi connectivity index (χ2v) is 3.32. The van der Waals surface area contributed by atoms with Gasteiger partial charge in [0, 0.05) is 32.7 Å². The van der Waals surface area contributed by atoms with Gasteiger partial charge in [-0.2, -0.15) is 5.10 Å². The van der Waals surface area contributed by atoms with Gasteiger partial charge in [-0.1, -0.05) is 0 Å². The van der Waals surface area contributed by atoms with Crippen LogP contribution in [0.25, 0.3) is 0 Å². The summed E-state index contributed by atoms with van der Waals surface area (Å²) in [6.45, 7) is 0. The van der Waals surface area contributed by atoms with Crippen molar-refractivity contribution in [2.75, 3.05) is 14.1 Å². The molecule has 5 nitrogen and oxygen atoms in total. The smallest absolute Gasteiger partial charge is 0.181 e. The molecule has 1 N–H and O–H groups in total. The number of rotatable bonds is 2. The lowest BCUT2D eigenvalue weighted by molar-refractivity contribution is 0.435. The topological polar surface area (TPSA) is 49.2 Å². The maximum atomic E-state index is 4.40. The van der Waals surface area contributed by atoms with Crippen molar-refractivity contribution < 1.29 is 0 Å². The number of H-pyrrole nitrogens is 1. The maximum absolute atomic E-state index is 4.40. The normalized spacial score (nSPS) is 11.7. The summed E-state index contributed by atoms with van der Waals surface area (Å²) in [7, 11) is 3.78. The van der Waals surface area contributed by atoms with E-state index in [-0.39, 0.29) is 0 Å². The lowest BCUT2D eigenvalue weighted by Crippen LogP contribution is -2.17. The lowest BCUT2D eigenvalue weighted by atomic mass is 10.4. The zero-order valence-corrected chi connectivity index (χ0v) is 8.75. The van der Waals surface area contributed by atoms with Gasteiger partial charge in [-0.3, -0.25) is 4.57 Å². The predicted octanol–water partition coefficient (Wildman–Crippen LogP) is 0.983. The van der Waals surface area contributed by atoms with Crippen LogP contribution in [0.15, 0.2) is 42.2 Å². The molecule has 0 aliphatic rings. The fraction of sp³-hybridized carbons (Fsp3) is 0.200. The summed E-state index contributed by atoms with van der Waals surface area (Å²) in [5.41, 5.74) is 0.960. The van der Waals surface area contributed by atoms with Crippen molar-refractivity contribution in [1.29, 1.82) is 0 Å². The Bertz CT molecular complexity index is 388. The Hall–Kier alpha value is -2.04. The minimum atomic E-state index is 0.822. The first-order valence-electron chi connectivity index (χ1n) is 4.65. The maximum Gasteiger partial charge on any atom is 0.181 e. The van der Waals surface area contributed by atoms with Gasteiger partial charge in [-0.05, 0) is 12.1 Å². The molecule has 0 bridgehead atoms. The average Bonchev–Trinajstić information content (AvgIpc) is 2.87. The van der Waals surface area contributed by atoms with Crippen molar-refractivity contribution >= 4 is 5.84 Å². The second kappa shape index (κ2) is 4.00. The summed E-state index contributed by atoms with van der Waals surface area (Å²) in [6, 6.07) is 3.92. The Kier molecular flexibility index (Phi) is 2.53. The Morgan fingerprint density at radius 2 is 2.40 bits per heavy atom. The summed E-state index contributed by atoms with van der Waals surface area (Å²) in [5.74, 6) is 0.822. The van der Waals surface area contributed by atoms with E-state index in [1.165, 1.54) is 0 Å². The van der Waals surface area contributed by atoms with Crippen LogP contribution in [0.5, 0.6) is 0 Å². The van der Waals surface area contributed by atoms with Crippen molar-refractivity contribution in [2.24, 2.45) is 5.10 Å². The van der Waals surface area contributed by atoms with Crippen LogP contribution in [-0.4, -0.2) is 39.5 Å². The fourth-order valence-electron chi connectivity index (χ4n) is 1.29. The standard InChI is InChI=1S/C10H13N5/c1-14(2)13-10(9-4-3-5-12-9)15-7-6-11-8-15/h3-8,12H,1-2H3/b13-10-. The Labute approximate surface area is 88.1 Å². The van der Waals surface area contributed by atoms with Gasteiger partial charge in [0.15, 0.2) is 5.84 Å². The molecule has 2 aromatic heterocycles. The van der Waals surface area contributed by atoms with Crippen LogP contribution in [0.4, 0.5) is 0 Å². The summed E-state index contributed by atoms with van der Waals surface area (Å²) in [4.78, 5) is 7.13. The minimum Gasteiger partial charge on any atom is -0.359 e. The SMILES string of the molecule is CN(C)/N=C(/c1ccc[nH]1)n1ccnc1. The molecule has 15 heavy (non-hydrogen) atoms. The molecule has 2 heterocycles. The lowest BCUT2D eigenvalue weighted by Gasteiger charge is -2.10. The molecule has 0 aliphatic heterocycles. The van der Waals surface area contributed by atoms with E-state index >= 15 is 0 Å². The van der Waals surface area contributed by atoms with Crippen molar-refractivity contribution in [3.63, 3.8) is 0 Å². The van der Waals surface area contributed by atoms with Gasteiger partial charge in [0.05, 0.1) is 5.69 Å². The Morgan fingerprint density at radius 3 is 2.93 bits per heavy atom. The molecule has 78 valence electrons. The van der Waals surface area contributed by atoms with Crippen LogP contribution in [0.2, 0.25) is 0 Å². The second-order valence-electron chi connectivity index (χ2n) is 3.32. The summed E-state index contributed by atoms with van der Waals surface area (Å²) >= 11 is 0. The van der Waals surface area contributed by atoms with E-state index in [0.29, 0.717) is 0 Å². The van der Waals surface area contributed by atoms with E-state index < -0.39 is 0 Å². The number of nitrogens with zero attached hydrogens (tertiary/aromatic N) is 4. The molecule has 2 rings (SSSR count). The third-order valence-corrected chi connectivity index (χ3v) is 1.88. The summed E-state index contributed by atoms with van der Waals surface area (Å²) in [6.07, 6.45) is 7.19. The van der Waals surface area contributed by atoms with Crippen LogP contribution in [-0.2, 0) is 0 Å². The van der Waals surface area contributed by atoms with Crippen LogP contribution in [0.1, 0.15) is 5.69 Å². The first-order chi connectivity index (χ1) is 7.27. The van der Waals surface area contributed by atoms with Crippen LogP contribution < -0.4 is 0 Å². The van der Waals surface area contributed by atoms with E-state index in [2.05, 4.69) is 15.1 Å². The predicted molar refractivity (Wildman–Crippen MR) is 58.6 cm³/mol. The monoisotopic (exact) mass is 203 g/mol. The highest BCUT2D eigenvalue weighted by molar-refractivity contribution is 5.98. The molecule has 0 saturated carbocycles. The molecule has 0 spiro atoms. The highest BCUT2D eigenvalue weighted by Crippen LogP contribution is 2.02. The van der Waals surface area contributed by atoms with Gasteiger partial charge in [0.1, 0.15) is 6.33 Å². The van der Waals surface area contributed by atoms with E-state index in [9.17, 15) is 0 Å². The van der Waals surface area contributed by atoms with Gasteiger partial charge < -0.3 is 9.99 Å². The molecule has 0 fully saturated rings. The number of imidazole rings is 1. The summed E-state index contributed by atoms with van der Waals surface area (Å²) in [5, 5.41) is 6.16. The first-order valence-corrected chi connectivity index (χ1v) is 4.65. The zero-order valence-electron chi connectivity index (χ0n) is 8.75. The molecule has 0 unspecified atom stereocenters. The summed E-state index contributed by atoms with van der Waals surface area (Å²) < 4.78 is 1.87. The van der Waals surface area contributed by atoms with E-state index in [0.717, 1.165) is 11.5 Å². The number of hydrogen-bond donors (Lipinski definition) is 1. The molecule has 2 aromatic rings. The molecule has 0 amide bonds. The van der Waals surface area contributed by atoms with E-state index in [1.807, 2.05) is 43.2 Å². The van der Waals surface area contributed by atoms with Crippen LogP contribution in [0.3, 0.4) is 0 Å².